The monoisotopic (exact) mass is 232 g/mol. The summed E-state index contributed by atoms with van der Waals surface area (Å²) in [5.74, 6) is 0.137. The highest BCUT2D eigenvalue weighted by molar-refractivity contribution is 5.96. The summed E-state index contributed by atoms with van der Waals surface area (Å²) in [6, 6.07) is 7.94. The molecule has 1 aliphatic heterocycles. The lowest BCUT2D eigenvalue weighted by atomic mass is 10.1. The minimum atomic E-state index is 0.137. The van der Waals surface area contributed by atoms with Crippen LogP contribution < -0.4 is 10.6 Å². The molecule has 1 aliphatic rings. The molecule has 1 aromatic carbocycles. The Labute approximate surface area is 103 Å². The summed E-state index contributed by atoms with van der Waals surface area (Å²) in [7, 11) is 0. The van der Waals surface area contributed by atoms with Gasteiger partial charge in [0.2, 0.25) is 0 Å². The Kier molecular flexibility index (Phi) is 4.15. The Balaban J connectivity index is 2.04. The maximum atomic E-state index is 11.6. The van der Waals surface area contributed by atoms with Gasteiger partial charge in [0, 0.05) is 30.8 Å². The molecule has 0 unspecified atom stereocenters. The Hall–Kier alpha value is -1.35. The number of nitrogens with zero attached hydrogens (tertiary/aromatic N) is 1. The topological polar surface area (TPSA) is 46.3 Å². The largest absolute Gasteiger partial charge is 0.372 e. The molecule has 3 nitrogen and oxygen atoms in total. The van der Waals surface area contributed by atoms with Crippen molar-refractivity contribution in [1.29, 1.82) is 0 Å². The van der Waals surface area contributed by atoms with Crippen molar-refractivity contribution < 1.29 is 4.79 Å². The van der Waals surface area contributed by atoms with Gasteiger partial charge in [0.25, 0.3) is 0 Å². The standard InChI is InChI=1S/C14H20N2O/c15-9-8-14(17)12-4-6-13(7-5-12)16-10-2-1-3-11-16/h4-7H,1-3,8-11,15H2. The third kappa shape index (κ3) is 3.07. The molecule has 0 aromatic heterocycles. The van der Waals surface area contributed by atoms with Gasteiger partial charge in [-0.15, -0.1) is 0 Å². The number of carbonyl (C=O) groups is 1. The van der Waals surface area contributed by atoms with Crippen LogP contribution in [0, 0.1) is 0 Å². The zero-order valence-corrected chi connectivity index (χ0v) is 10.2. The van der Waals surface area contributed by atoms with E-state index in [1.165, 1.54) is 24.9 Å². The van der Waals surface area contributed by atoms with Crippen molar-refractivity contribution in [2.75, 3.05) is 24.5 Å². The summed E-state index contributed by atoms with van der Waals surface area (Å²) in [6.45, 7) is 2.69. The number of hydrogen-bond acceptors (Lipinski definition) is 3. The molecule has 0 atom stereocenters. The van der Waals surface area contributed by atoms with E-state index in [-0.39, 0.29) is 5.78 Å². The molecule has 0 amide bonds. The second-order valence-corrected chi connectivity index (χ2v) is 4.56. The Morgan fingerprint density at radius 1 is 1.12 bits per heavy atom. The number of Topliss-reactive ketones (excluding diaryl/α,β-unsaturated/α-hetero) is 1. The van der Waals surface area contributed by atoms with E-state index in [2.05, 4.69) is 17.0 Å². The summed E-state index contributed by atoms with van der Waals surface area (Å²) >= 11 is 0. The molecule has 0 bridgehead atoms. The lowest BCUT2D eigenvalue weighted by Crippen LogP contribution is -2.29. The molecule has 1 saturated heterocycles. The van der Waals surface area contributed by atoms with Crippen molar-refractivity contribution in [3.05, 3.63) is 29.8 Å². The smallest absolute Gasteiger partial charge is 0.164 e. The van der Waals surface area contributed by atoms with Crippen molar-refractivity contribution in [2.45, 2.75) is 25.7 Å². The van der Waals surface area contributed by atoms with Crippen LogP contribution in [0.15, 0.2) is 24.3 Å². The van der Waals surface area contributed by atoms with Gasteiger partial charge in [-0.25, -0.2) is 0 Å². The molecular formula is C14H20N2O. The third-order valence-electron chi connectivity index (χ3n) is 3.28. The average molecular weight is 232 g/mol. The SMILES string of the molecule is NCCC(=O)c1ccc(N2CCCCC2)cc1. The van der Waals surface area contributed by atoms with Gasteiger partial charge in [-0.05, 0) is 50.1 Å². The molecule has 0 aliphatic carbocycles. The normalized spacial score (nSPS) is 15.9. The van der Waals surface area contributed by atoms with E-state index in [0.29, 0.717) is 13.0 Å². The van der Waals surface area contributed by atoms with Crippen molar-refractivity contribution in [3.63, 3.8) is 0 Å². The summed E-state index contributed by atoms with van der Waals surface area (Å²) in [5.41, 5.74) is 7.39. The van der Waals surface area contributed by atoms with Gasteiger partial charge < -0.3 is 10.6 Å². The van der Waals surface area contributed by atoms with Crippen LogP contribution in [-0.2, 0) is 0 Å². The van der Waals surface area contributed by atoms with Crippen LogP contribution in [0.4, 0.5) is 5.69 Å². The molecule has 17 heavy (non-hydrogen) atoms. The highest BCUT2D eigenvalue weighted by Gasteiger charge is 2.11. The summed E-state index contributed by atoms with van der Waals surface area (Å²) in [6.07, 6.45) is 4.31. The van der Waals surface area contributed by atoms with E-state index in [1.807, 2.05) is 12.1 Å². The zero-order valence-electron chi connectivity index (χ0n) is 10.2. The first kappa shape index (κ1) is 12.1. The Morgan fingerprint density at radius 2 is 1.76 bits per heavy atom. The van der Waals surface area contributed by atoms with E-state index < -0.39 is 0 Å². The molecule has 0 spiro atoms. The van der Waals surface area contributed by atoms with Crippen molar-refractivity contribution in [1.82, 2.24) is 0 Å². The van der Waals surface area contributed by atoms with Crippen molar-refractivity contribution in [3.8, 4) is 0 Å². The number of benzene rings is 1. The number of anilines is 1. The second kappa shape index (κ2) is 5.82. The van der Waals surface area contributed by atoms with Gasteiger partial charge in [-0.3, -0.25) is 4.79 Å². The fourth-order valence-corrected chi connectivity index (χ4v) is 2.29. The zero-order chi connectivity index (χ0) is 12.1. The van der Waals surface area contributed by atoms with Gasteiger partial charge in [0.05, 0.1) is 0 Å². The molecule has 1 fully saturated rings. The Bertz CT molecular complexity index is 366. The van der Waals surface area contributed by atoms with Gasteiger partial charge in [-0.2, -0.15) is 0 Å². The maximum Gasteiger partial charge on any atom is 0.164 e. The van der Waals surface area contributed by atoms with E-state index >= 15 is 0 Å². The van der Waals surface area contributed by atoms with Gasteiger partial charge in [-0.1, -0.05) is 0 Å². The molecule has 2 rings (SSSR count). The summed E-state index contributed by atoms with van der Waals surface area (Å²) < 4.78 is 0. The second-order valence-electron chi connectivity index (χ2n) is 4.56. The fraction of sp³-hybridized carbons (Fsp3) is 0.500. The molecule has 1 aromatic rings. The van der Waals surface area contributed by atoms with Gasteiger partial charge in [0.15, 0.2) is 5.78 Å². The van der Waals surface area contributed by atoms with E-state index in [0.717, 1.165) is 18.7 Å². The van der Waals surface area contributed by atoms with Crippen LogP contribution in [-0.4, -0.2) is 25.4 Å². The number of hydrogen-bond donors (Lipinski definition) is 1. The van der Waals surface area contributed by atoms with E-state index in [9.17, 15) is 4.79 Å². The van der Waals surface area contributed by atoms with Crippen LogP contribution in [0.5, 0.6) is 0 Å². The molecule has 92 valence electrons. The first-order valence-corrected chi connectivity index (χ1v) is 6.39. The highest BCUT2D eigenvalue weighted by atomic mass is 16.1. The molecule has 0 saturated carbocycles. The fourth-order valence-electron chi connectivity index (χ4n) is 2.29. The minimum absolute atomic E-state index is 0.137. The molecular weight excluding hydrogens is 212 g/mol. The summed E-state index contributed by atoms with van der Waals surface area (Å²) in [4.78, 5) is 14.0. The lowest BCUT2D eigenvalue weighted by Gasteiger charge is -2.28. The lowest BCUT2D eigenvalue weighted by molar-refractivity contribution is 0.0985. The number of rotatable bonds is 4. The first-order chi connectivity index (χ1) is 8.31. The van der Waals surface area contributed by atoms with Crippen molar-refractivity contribution in [2.24, 2.45) is 5.73 Å². The average Bonchev–Trinajstić information content (AvgIpc) is 2.40. The van der Waals surface area contributed by atoms with Gasteiger partial charge >= 0.3 is 0 Å². The number of nitrogens with two attached hydrogens (primary N) is 1. The van der Waals surface area contributed by atoms with Crippen LogP contribution in [0.1, 0.15) is 36.0 Å². The first-order valence-electron chi connectivity index (χ1n) is 6.39. The quantitative estimate of drug-likeness (QED) is 0.810. The highest BCUT2D eigenvalue weighted by Crippen LogP contribution is 2.20. The summed E-state index contributed by atoms with van der Waals surface area (Å²) in [5, 5.41) is 0. The predicted octanol–water partition coefficient (Wildman–Crippen LogP) is 2.21. The van der Waals surface area contributed by atoms with Crippen LogP contribution in [0.2, 0.25) is 0 Å². The van der Waals surface area contributed by atoms with Crippen LogP contribution in [0.3, 0.4) is 0 Å². The molecule has 2 N–H and O–H groups in total. The van der Waals surface area contributed by atoms with Crippen LogP contribution >= 0.6 is 0 Å². The van der Waals surface area contributed by atoms with E-state index in [4.69, 9.17) is 5.73 Å². The molecule has 0 radical (unpaired) electrons. The number of carbonyl (C=O) groups excluding carboxylic acids is 1. The minimum Gasteiger partial charge on any atom is -0.372 e. The van der Waals surface area contributed by atoms with Crippen LogP contribution in [0.25, 0.3) is 0 Å². The molecule has 3 heteroatoms. The third-order valence-corrected chi connectivity index (χ3v) is 3.28. The van der Waals surface area contributed by atoms with Gasteiger partial charge in [0.1, 0.15) is 0 Å². The Morgan fingerprint density at radius 3 is 2.35 bits per heavy atom. The maximum absolute atomic E-state index is 11.6. The number of piperidine rings is 1. The number of ketones is 1. The predicted molar refractivity (Wildman–Crippen MR) is 70.5 cm³/mol. The van der Waals surface area contributed by atoms with E-state index in [1.54, 1.807) is 0 Å². The molecule has 1 heterocycles. The van der Waals surface area contributed by atoms with Crippen molar-refractivity contribution >= 4 is 11.5 Å².